The van der Waals surface area contributed by atoms with Gasteiger partial charge in [-0.25, -0.2) is 0 Å². The maximum absolute atomic E-state index is 13.2. The molecule has 21 heavy (non-hydrogen) atoms. The average Bonchev–Trinajstić information content (AvgIpc) is 3.20. The summed E-state index contributed by atoms with van der Waals surface area (Å²) in [7, 11) is 0. The van der Waals surface area contributed by atoms with E-state index >= 15 is 0 Å². The second-order valence-corrected chi connectivity index (χ2v) is 6.90. The van der Waals surface area contributed by atoms with Crippen LogP contribution in [0.2, 0.25) is 0 Å². The molecule has 118 valence electrons. The first kappa shape index (κ1) is 16.6. The molecule has 0 radical (unpaired) electrons. The van der Waals surface area contributed by atoms with Crippen molar-refractivity contribution in [3.8, 4) is 0 Å². The van der Waals surface area contributed by atoms with E-state index in [9.17, 15) is 13.2 Å². The predicted molar refractivity (Wildman–Crippen MR) is 78.3 cm³/mol. The fourth-order valence-corrected chi connectivity index (χ4v) is 3.12. The molecular weight excluding hydrogens is 299 g/mol. The summed E-state index contributed by atoms with van der Waals surface area (Å²) in [5, 5.41) is 12.0. The molecule has 1 aliphatic carbocycles. The zero-order chi connectivity index (χ0) is 15.5. The Kier molecular flexibility index (Phi) is 5.57. The molecule has 0 aromatic heterocycles. The summed E-state index contributed by atoms with van der Waals surface area (Å²) in [6, 6.07) is 5.01. The summed E-state index contributed by atoms with van der Waals surface area (Å²) in [5.74, 6) is 0. The van der Waals surface area contributed by atoms with Gasteiger partial charge in [-0.15, -0.1) is 11.8 Å². The van der Waals surface area contributed by atoms with Gasteiger partial charge < -0.3 is 10.4 Å². The first-order chi connectivity index (χ1) is 9.90. The topological polar surface area (TPSA) is 32.3 Å². The second-order valence-electron chi connectivity index (χ2n) is 5.42. The van der Waals surface area contributed by atoms with Crippen molar-refractivity contribution in [1.82, 2.24) is 5.32 Å². The molecule has 1 atom stereocenters. The minimum Gasteiger partial charge on any atom is -0.396 e. The van der Waals surface area contributed by atoms with Crippen LogP contribution in [0.15, 0.2) is 23.1 Å². The van der Waals surface area contributed by atoms with Crippen LogP contribution >= 0.6 is 11.8 Å². The van der Waals surface area contributed by atoms with E-state index in [0.29, 0.717) is 24.6 Å². The van der Waals surface area contributed by atoms with Crippen molar-refractivity contribution in [3.05, 3.63) is 29.3 Å². The van der Waals surface area contributed by atoms with Crippen LogP contribution in [-0.4, -0.2) is 23.0 Å². The van der Waals surface area contributed by atoms with Gasteiger partial charge in [0, 0.05) is 29.3 Å². The van der Waals surface area contributed by atoms with Gasteiger partial charge in [-0.3, -0.25) is 0 Å². The lowest BCUT2D eigenvalue weighted by atomic mass is 10.1. The third-order valence-corrected chi connectivity index (χ3v) is 4.63. The van der Waals surface area contributed by atoms with Crippen molar-refractivity contribution < 1.29 is 18.3 Å². The highest BCUT2D eigenvalue weighted by Gasteiger charge is 2.34. The van der Waals surface area contributed by atoms with Crippen LogP contribution in [0.1, 0.15) is 37.3 Å². The van der Waals surface area contributed by atoms with Crippen LogP contribution in [-0.2, 0) is 12.7 Å². The van der Waals surface area contributed by atoms with Gasteiger partial charge in [0.05, 0.1) is 5.56 Å². The van der Waals surface area contributed by atoms with Crippen molar-refractivity contribution in [2.75, 3.05) is 6.61 Å². The van der Waals surface area contributed by atoms with Crippen molar-refractivity contribution >= 4 is 11.8 Å². The molecule has 0 heterocycles. The average molecular weight is 319 g/mol. The minimum atomic E-state index is -4.35. The Morgan fingerprint density at radius 2 is 2.10 bits per heavy atom. The van der Waals surface area contributed by atoms with Crippen LogP contribution in [0.4, 0.5) is 13.2 Å². The van der Waals surface area contributed by atoms with Crippen molar-refractivity contribution in [2.45, 2.75) is 55.1 Å². The van der Waals surface area contributed by atoms with Crippen LogP contribution in [0.5, 0.6) is 0 Å². The lowest BCUT2D eigenvalue weighted by Gasteiger charge is -2.17. The number of aliphatic hydroxyl groups is 1. The number of hydrogen-bond donors (Lipinski definition) is 2. The predicted octanol–water partition coefficient (Wildman–Crippen LogP) is 3.82. The fourth-order valence-electron chi connectivity index (χ4n) is 2.02. The molecule has 2 rings (SSSR count). The van der Waals surface area contributed by atoms with Gasteiger partial charge in [-0.05, 0) is 37.0 Å². The Balaban J connectivity index is 2.14. The number of benzene rings is 1. The van der Waals surface area contributed by atoms with Crippen LogP contribution in [0, 0.1) is 0 Å². The highest BCUT2D eigenvalue weighted by Crippen LogP contribution is 2.39. The standard InChI is InChI=1S/C15H20F3NOS/c1-10(6-7-20)21-14-5-2-11(9-19-12-3-4-12)8-13(14)15(16,17)18/h2,5,8,10,12,19-20H,3-4,6-7,9H2,1H3. The van der Waals surface area contributed by atoms with Gasteiger partial charge in [0.2, 0.25) is 0 Å². The minimum absolute atomic E-state index is 0.0150. The lowest BCUT2D eigenvalue weighted by molar-refractivity contribution is -0.139. The molecule has 0 amide bonds. The molecule has 0 bridgehead atoms. The summed E-state index contributed by atoms with van der Waals surface area (Å²) in [5.41, 5.74) is 0.0840. The number of aliphatic hydroxyl groups excluding tert-OH is 1. The quantitative estimate of drug-likeness (QED) is 0.749. The molecule has 1 aromatic carbocycles. The number of nitrogens with one attached hydrogen (secondary N) is 1. The van der Waals surface area contributed by atoms with Gasteiger partial charge >= 0.3 is 6.18 Å². The Labute approximate surface area is 127 Å². The molecular formula is C15H20F3NOS. The van der Waals surface area contributed by atoms with Gasteiger partial charge in [0.1, 0.15) is 0 Å². The molecule has 0 saturated heterocycles. The van der Waals surface area contributed by atoms with Gasteiger partial charge in [0.25, 0.3) is 0 Å². The van der Waals surface area contributed by atoms with E-state index in [0.717, 1.165) is 12.8 Å². The Morgan fingerprint density at radius 1 is 1.38 bits per heavy atom. The normalized spacial score (nSPS) is 17.0. The lowest BCUT2D eigenvalue weighted by Crippen LogP contribution is -2.16. The van der Waals surface area contributed by atoms with E-state index in [1.54, 1.807) is 12.1 Å². The van der Waals surface area contributed by atoms with Crippen LogP contribution in [0.25, 0.3) is 0 Å². The van der Waals surface area contributed by atoms with E-state index in [2.05, 4.69) is 5.32 Å². The highest BCUT2D eigenvalue weighted by molar-refractivity contribution is 8.00. The third-order valence-electron chi connectivity index (χ3n) is 3.39. The van der Waals surface area contributed by atoms with Gasteiger partial charge in [-0.2, -0.15) is 13.2 Å². The molecule has 6 heteroatoms. The summed E-state index contributed by atoms with van der Waals surface area (Å²) in [4.78, 5) is 0.235. The Hall–Kier alpha value is -0.720. The summed E-state index contributed by atoms with van der Waals surface area (Å²) >= 11 is 1.17. The molecule has 1 unspecified atom stereocenters. The van der Waals surface area contributed by atoms with Crippen LogP contribution in [0.3, 0.4) is 0 Å². The SMILES string of the molecule is CC(CCO)Sc1ccc(CNC2CC2)cc1C(F)(F)F. The number of thioether (sulfide) groups is 1. The van der Waals surface area contributed by atoms with E-state index in [4.69, 9.17) is 5.11 Å². The van der Waals surface area contributed by atoms with Gasteiger partial charge in [0.15, 0.2) is 0 Å². The molecule has 1 saturated carbocycles. The maximum atomic E-state index is 13.2. The molecule has 1 aliphatic rings. The first-order valence-corrected chi connectivity index (χ1v) is 7.99. The second kappa shape index (κ2) is 7.03. The largest absolute Gasteiger partial charge is 0.417 e. The monoisotopic (exact) mass is 319 g/mol. The summed E-state index contributed by atoms with van der Waals surface area (Å²) in [6.07, 6.45) is -1.65. The molecule has 2 N–H and O–H groups in total. The molecule has 1 fully saturated rings. The molecule has 2 nitrogen and oxygen atoms in total. The zero-order valence-electron chi connectivity index (χ0n) is 11.9. The molecule has 1 aromatic rings. The van der Waals surface area contributed by atoms with E-state index in [1.165, 1.54) is 17.8 Å². The fraction of sp³-hybridized carbons (Fsp3) is 0.600. The van der Waals surface area contributed by atoms with E-state index < -0.39 is 11.7 Å². The highest BCUT2D eigenvalue weighted by atomic mass is 32.2. The van der Waals surface area contributed by atoms with Crippen molar-refractivity contribution in [2.24, 2.45) is 0 Å². The molecule has 0 spiro atoms. The van der Waals surface area contributed by atoms with Crippen molar-refractivity contribution in [1.29, 1.82) is 0 Å². The number of alkyl halides is 3. The maximum Gasteiger partial charge on any atom is 0.417 e. The zero-order valence-corrected chi connectivity index (χ0v) is 12.7. The third kappa shape index (κ3) is 5.20. The first-order valence-electron chi connectivity index (χ1n) is 7.11. The van der Waals surface area contributed by atoms with Crippen molar-refractivity contribution in [3.63, 3.8) is 0 Å². The molecule has 0 aliphatic heterocycles. The number of halogens is 3. The smallest absolute Gasteiger partial charge is 0.396 e. The van der Waals surface area contributed by atoms with Gasteiger partial charge in [-0.1, -0.05) is 13.0 Å². The Bertz CT molecular complexity index is 474. The van der Waals surface area contributed by atoms with E-state index in [1.807, 2.05) is 6.92 Å². The summed E-state index contributed by atoms with van der Waals surface area (Å²) < 4.78 is 39.6. The number of hydrogen-bond acceptors (Lipinski definition) is 3. The number of rotatable bonds is 7. The van der Waals surface area contributed by atoms with E-state index in [-0.39, 0.29) is 16.8 Å². The summed E-state index contributed by atoms with van der Waals surface area (Å²) in [6.45, 7) is 2.29. The Morgan fingerprint density at radius 3 is 2.67 bits per heavy atom. The van der Waals surface area contributed by atoms with Crippen LogP contribution < -0.4 is 5.32 Å².